The summed E-state index contributed by atoms with van der Waals surface area (Å²) >= 11 is 0. The van der Waals surface area contributed by atoms with Crippen LogP contribution in [0.2, 0.25) is 0 Å². The van der Waals surface area contributed by atoms with Gasteiger partial charge in [0.15, 0.2) is 0 Å². The first-order valence-electron chi connectivity index (χ1n) is 7.08. The zero-order valence-corrected chi connectivity index (χ0v) is 11.9. The highest BCUT2D eigenvalue weighted by atomic mass is 16.5. The lowest BCUT2D eigenvalue weighted by Crippen LogP contribution is -2.29. The third kappa shape index (κ3) is 4.78. The van der Waals surface area contributed by atoms with Gasteiger partial charge in [-0.2, -0.15) is 5.10 Å². The number of hydrogen-bond acceptors (Lipinski definition) is 3. The van der Waals surface area contributed by atoms with Gasteiger partial charge in [-0.1, -0.05) is 20.8 Å². The molecular weight excluding hydrogens is 226 g/mol. The summed E-state index contributed by atoms with van der Waals surface area (Å²) in [5, 5.41) is 4.60. The van der Waals surface area contributed by atoms with Crippen LogP contribution in [0, 0.1) is 0 Å². The molecule has 4 nitrogen and oxygen atoms in total. The Hall–Kier alpha value is -0.870. The maximum atomic E-state index is 6.02. The predicted octanol–water partition coefficient (Wildman–Crippen LogP) is 2.54. The lowest BCUT2D eigenvalue weighted by molar-refractivity contribution is 0.121. The molecule has 2 N–H and O–H groups in total. The predicted molar refractivity (Wildman–Crippen MR) is 74.6 cm³/mol. The van der Waals surface area contributed by atoms with E-state index >= 15 is 0 Å². The minimum atomic E-state index is 0.0432. The molecular formula is C14H27N3O. The second-order valence-electron chi connectivity index (χ2n) is 4.80. The first-order valence-corrected chi connectivity index (χ1v) is 7.08. The Labute approximate surface area is 111 Å². The lowest BCUT2D eigenvalue weighted by Gasteiger charge is -2.13. The number of ether oxygens (including phenoxy) is 1. The Morgan fingerprint density at radius 3 is 2.67 bits per heavy atom. The van der Waals surface area contributed by atoms with Gasteiger partial charge in [0.25, 0.3) is 0 Å². The molecule has 1 aromatic rings. The van der Waals surface area contributed by atoms with Crippen LogP contribution in [-0.4, -0.2) is 29.0 Å². The van der Waals surface area contributed by atoms with Crippen molar-refractivity contribution < 1.29 is 4.74 Å². The van der Waals surface area contributed by atoms with Gasteiger partial charge in [0.05, 0.1) is 18.3 Å². The van der Waals surface area contributed by atoms with Crippen molar-refractivity contribution in [2.24, 2.45) is 5.73 Å². The summed E-state index contributed by atoms with van der Waals surface area (Å²) in [6, 6.07) is 2.62. The molecule has 1 heterocycles. The van der Waals surface area contributed by atoms with E-state index in [1.165, 1.54) is 0 Å². The van der Waals surface area contributed by atoms with Gasteiger partial charge in [-0.15, -0.1) is 0 Å². The Balaban J connectivity index is 2.43. The van der Waals surface area contributed by atoms with Crippen LogP contribution in [-0.2, 0) is 11.2 Å². The van der Waals surface area contributed by atoms with E-state index in [0.29, 0.717) is 12.6 Å². The molecule has 18 heavy (non-hydrogen) atoms. The van der Waals surface area contributed by atoms with Crippen LogP contribution in [0.25, 0.3) is 0 Å². The van der Waals surface area contributed by atoms with Gasteiger partial charge >= 0.3 is 0 Å². The molecule has 0 aliphatic rings. The average Bonchev–Trinajstić information content (AvgIpc) is 2.79. The second kappa shape index (κ2) is 8.27. The van der Waals surface area contributed by atoms with Crippen LogP contribution in [0.4, 0.5) is 0 Å². The van der Waals surface area contributed by atoms with E-state index in [1.54, 1.807) is 0 Å². The van der Waals surface area contributed by atoms with Crippen molar-refractivity contribution >= 4 is 0 Å². The summed E-state index contributed by atoms with van der Waals surface area (Å²) in [6.07, 6.45) is 6.12. The first kappa shape index (κ1) is 15.2. The fourth-order valence-corrected chi connectivity index (χ4v) is 2.06. The maximum Gasteiger partial charge on any atom is 0.0641 e. The van der Waals surface area contributed by atoms with Crippen LogP contribution >= 0.6 is 0 Å². The lowest BCUT2D eigenvalue weighted by atomic mass is 10.2. The average molecular weight is 253 g/mol. The molecule has 4 heteroatoms. The standard InChI is InChI=1S/C14H27N3O/c1-4-9-18-11-12(15)10-13-7-8-17(16-13)14(5-2)6-3/h7-8,12,14H,4-6,9-11,15H2,1-3H3. The van der Waals surface area contributed by atoms with E-state index in [2.05, 4.69) is 42.8 Å². The van der Waals surface area contributed by atoms with Gasteiger partial charge in [0.1, 0.15) is 0 Å². The monoisotopic (exact) mass is 253 g/mol. The number of nitrogens with two attached hydrogens (primary N) is 1. The smallest absolute Gasteiger partial charge is 0.0641 e. The molecule has 0 radical (unpaired) electrons. The molecule has 0 spiro atoms. The molecule has 104 valence electrons. The normalized spacial score (nSPS) is 13.2. The number of hydrogen-bond donors (Lipinski definition) is 1. The van der Waals surface area contributed by atoms with Crippen molar-refractivity contribution in [2.75, 3.05) is 13.2 Å². The summed E-state index contributed by atoms with van der Waals surface area (Å²) in [5.74, 6) is 0. The van der Waals surface area contributed by atoms with Crippen molar-refractivity contribution in [2.45, 2.75) is 58.5 Å². The maximum absolute atomic E-state index is 6.02. The zero-order chi connectivity index (χ0) is 13.4. The molecule has 1 rings (SSSR count). The molecule has 0 bridgehead atoms. The van der Waals surface area contributed by atoms with Gasteiger partial charge in [-0.05, 0) is 25.3 Å². The van der Waals surface area contributed by atoms with E-state index in [-0.39, 0.29) is 6.04 Å². The van der Waals surface area contributed by atoms with E-state index in [1.807, 2.05) is 0 Å². The molecule has 1 atom stereocenters. The summed E-state index contributed by atoms with van der Waals surface area (Å²) in [6.45, 7) is 7.89. The van der Waals surface area contributed by atoms with E-state index < -0.39 is 0 Å². The zero-order valence-electron chi connectivity index (χ0n) is 11.9. The summed E-state index contributed by atoms with van der Waals surface area (Å²) < 4.78 is 7.52. The summed E-state index contributed by atoms with van der Waals surface area (Å²) in [5.41, 5.74) is 7.09. The van der Waals surface area contributed by atoms with Crippen molar-refractivity contribution in [1.29, 1.82) is 0 Å². The highest BCUT2D eigenvalue weighted by molar-refractivity contribution is 5.02. The second-order valence-corrected chi connectivity index (χ2v) is 4.80. The minimum Gasteiger partial charge on any atom is -0.380 e. The third-order valence-electron chi connectivity index (χ3n) is 3.13. The Bertz CT molecular complexity index is 321. The topological polar surface area (TPSA) is 53.1 Å². The number of aromatic nitrogens is 2. The third-order valence-corrected chi connectivity index (χ3v) is 3.13. The largest absolute Gasteiger partial charge is 0.380 e. The van der Waals surface area contributed by atoms with E-state index in [0.717, 1.165) is 38.0 Å². The fraction of sp³-hybridized carbons (Fsp3) is 0.786. The first-order chi connectivity index (χ1) is 8.71. The highest BCUT2D eigenvalue weighted by Gasteiger charge is 2.10. The quantitative estimate of drug-likeness (QED) is 0.688. The van der Waals surface area contributed by atoms with Gasteiger partial charge in [-0.25, -0.2) is 0 Å². The molecule has 0 fully saturated rings. The van der Waals surface area contributed by atoms with E-state index in [9.17, 15) is 0 Å². The minimum absolute atomic E-state index is 0.0432. The molecule has 0 amide bonds. The Morgan fingerprint density at radius 1 is 1.33 bits per heavy atom. The van der Waals surface area contributed by atoms with Crippen LogP contribution in [0.5, 0.6) is 0 Å². The molecule has 0 saturated heterocycles. The van der Waals surface area contributed by atoms with Crippen molar-refractivity contribution in [1.82, 2.24) is 9.78 Å². The van der Waals surface area contributed by atoms with Gasteiger partial charge in [0.2, 0.25) is 0 Å². The summed E-state index contributed by atoms with van der Waals surface area (Å²) in [4.78, 5) is 0. The van der Waals surface area contributed by atoms with Crippen LogP contribution < -0.4 is 5.73 Å². The molecule has 1 aromatic heterocycles. The highest BCUT2D eigenvalue weighted by Crippen LogP contribution is 2.14. The SMILES string of the molecule is CCCOCC(N)Cc1ccn(C(CC)CC)n1. The van der Waals surface area contributed by atoms with Crippen molar-refractivity contribution in [3.05, 3.63) is 18.0 Å². The Kier molecular flexibility index (Phi) is 6.98. The molecule has 0 aliphatic heterocycles. The summed E-state index contributed by atoms with van der Waals surface area (Å²) in [7, 11) is 0. The molecule has 0 aliphatic carbocycles. The van der Waals surface area contributed by atoms with Crippen LogP contribution in [0.1, 0.15) is 51.8 Å². The van der Waals surface area contributed by atoms with Gasteiger partial charge < -0.3 is 10.5 Å². The van der Waals surface area contributed by atoms with Crippen molar-refractivity contribution in [3.8, 4) is 0 Å². The number of rotatable bonds is 9. The Morgan fingerprint density at radius 2 is 2.06 bits per heavy atom. The van der Waals surface area contributed by atoms with Crippen molar-refractivity contribution in [3.63, 3.8) is 0 Å². The molecule has 0 aromatic carbocycles. The number of nitrogens with zero attached hydrogens (tertiary/aromatic N) is 2. The molecule has 1 unspecified atom stereocenters. The van der Waals surface area contributed by atoms with Crippen LogP contribution in [0.3, 0.4) is 0 Å². The van der Waals surface area contributed by atoms with Gasteiger partial charge in [0, 0.05) is 25.3 Å². The van der Waals surface area contributed by atoms with Gasteiger partial charge in [-0.3, -0.25) is 4.68 Å². The van der Waals surface area contributed by atoms with E-state index in [4.69, 9.17) is 10.5 Å². The molecule has 0 saturated carbocycles. The fourth-order valence-electron chi connectivity index (χ4n) is 2.06. The van der Waals surface area contributed by atoms with Crippen LogP contribution in [0.15, 0.2) is 12.3 Å².